The Morgan fingerprint density at radius 1 is 1.10 bits per heavy atom. The summed E-state index contributed by atoms with van der Waals surface area (Å²) in [5.74, 6) is -0.827. The third kappa shape index (κ3) is 9.63. The molecule has 41 heavy (non-hydrogen) atoms. The zero-order valence-corrected chi connectivity index (χ0v) is 24.3. The van der Waals surface area contributed by atoms with Crippen molar-refractivity contribution in [3.05, 3.63) is 71.8 Å². The summed E-state index contributed by atoms with van der Waals surface area (Å²) in [7, 11) is 0. The number of benzene rings is 2. The third-order valence-corrected chi connectivity index (χ3v) is 6.96. The molecule has 0 spiro atoms. The quantitative estimate of drug-likeness (QED) is 0.318. The second kappa shape index (κ2) is 14.7. The van der Waals surface area contributed by atoms with Crippen LogP contribution in [0, 0.1) is 0 Å². The van der Waals surface area contributed by atoms with Gasteiger partial charge in [0.25, 0.3) is 0 Å². The highest BCUT2D eigenvalue weighted by atomic mass is 16.6. The Kier molecular flexibility index (Phi) is 11.3. The summed E-state index contributed by atoms with van der Waals surface area (Å²) in [6.45, 7) is 8.47. The normalized spacial score (nSPS) is 15.3. The van der Waals surface area contributed by atoms with Gasteiger partial charge in [0.15, 0.2) is 0 Å². The molecule has 1 aliphatic carbocycles. The van der Waals surface area contributed by atoms with Crippen molar-refractivity contribution in [1.82, 2.24) is 15.5 Å². The predicted molar refractivity (Wildman–Crippen MR) is 158 cm³/mol. The largest absolute Gasteiger partial charge is 0.508 e. The highest BCUT2D eigenvalue weighted by molar-refractivity contribution is 5.92. The summed E-state index contributed by atoms with van der Waals surface area (Å²) in [5.41, 5.74) is 1.23. The molecule has 1 aliphatic rings. The highest BCUT2D eigenvalue weighted by Gasteiger charge is 2.37. The van der Waals surface area contributed by atoms with E-state index in [9.17, 15) is 24.6 Å². The number of rotatable bonds is 11. The second-order valence-electron chi connectivity index (χ2n) is 11.4. The molecule has 9 nitrogen and oxygen atoms in total. The maximum Gasteiger partial charge on any atom is 0.408 e. The van der Waals surface area contributed by atoms with E-state index < -0.39 is 36.3 Å². The van der Waals surface area contributed by atoms with Crippen LogP contribution in [0.4, 0.5) is 4.79 Å². The van der Waals surface area contributed by atoms with Crippen LogP contribution in [0.3, 0.4) is 0 Å². The van der Waals surface area contributed by atoms with Gasteiger partial charge in [-0.3, -0.25) is 9.59 Å². The van der Waals surface area contributed by atoms with E-state index in [2.05, 4.69) is 17.2 Å². The number of ether oxygens (including phenoxy) is 1. The number of carbonyl (C=O) groups excluding carboxylic acids is 3. The summed E-state index contributed by atoms with van der Waals surface area (Å²) >= 11 is 0. The zero-order chi connectivity index (χ0) is 30.0. The van der Waals surface area contributed by atoms with Gasteiger partial charge >= 0.3 is 6.09 Å². The van der Waals surface area contributed by atoms with Gasteiger partial charge in [-0.1, -0.05) is 62.2 Å². The van der Waals surface area contributed by atoms with Gasteiger partial charge in [-0.05, 0) is 68.5 Å². The van der Waals surface area contributed by atoms with Crippen LogP contribution in [-0.2, 0) is 20.7 Å². The maximum absolute atomic E-state index is 14.3. The fourth-order valence-corrected chi connectivity index (χ4v) is 5.05. The fraction of sp³-hybridized carbons (Fsp3) is 0.469. The standard InChI is InChI=1S/C32H43N3O6/c1-5-22-10-9-11-24(20-22)28(29(38)33-25-12-7-6-8-13-25)35(18-19-36)30(39)27(34-31(40)41-32(2,3)4)21-23-14-16-26(37)17-15-23/h5,9-11,14-17,20,25,27-28,36-37H,1,6-8,12-13,18-19,21H2,2-4H3,(H,33,38)(H,34,40). The van der Waals surface area contributed by atoms with E-state index >= 15 is 0 Å². The Morgan fingerprint density at radius 2 is 1.78 bits per heavy atom. The summed E-state index contributed by atoms with van der Waals surface area (Å²) in [6, 6.07) is 11.3. The Hall–Kier alpha value is -3.85. The van der Waals surface area contributed by atoms with Crippen molar-refractivity contribution in [2.75, 3.05) is 13.2 Å². The lowest BCUT2D eigenvalue weighted by atomic mass is 9.94. The van der Waals surface area contributed by atoms with Crippen molar-refractivity contribution in [2.24, 2.45) is 0 Å². The molecule has 2 aromatic rings. The minimum atomic E-state index is -1.12. The molecule has 2 aromatic carbocycles. The molecule has 1 saturated carbocycles. The number of hydrogen-bond donors (Lipinski definition) is 4. The molecule has 9 heteroatoms. The fourth-order valence-electron chi connectivity index (χ4n) is 5.05. The first-order valence-electron chi connectivity index (χ1n) is 14.2. The number of amides is 3. The van der Waals surface area contributed by atoms with Crippen LogP contribution in [0.1, 0.15) is 75.6 Å². The Morgan fingerprint density at radius 3 is 2.39 bits per heavy atom. The van der Waals surface area contributed by atoms with Crippen LogP contribution >= 0.6 is 0 Å². The van der Waals surface area contributed by atoms with Gasteiger partial charge < -0.3 is 30.5 Å². The zero-order valence-electron chi connectivity index (χ0n) is 24.3. The molecule has 1 fully saturated rings. The molecular formula is C32H43N3O6. The van der Waals surface area contributed by atoms with Crippen molar-refractivity contribution >= 4 is 24.0 Å². The summed E-state index contributed by atoms with van der Waals surface area (Å²) < 4.78 is 5.44. The lowest BCUT2D eigenvalue weighted by Crippen LogP contribution is -2.55. The molecule has 2 unspecified atom stereocenters. The molecule has 4 N–H and O–H groups in total. The van der Waals surface area contributed by atoms with Gasteiger partial charge in [-0.2, -0.15) is 0 Å². The average Bonchev–Trinajstić information content (AvgIpc) is 2.93. The van der Waals surface area contributed by atoms with E-state index in [1.165, 1.54) is 17.0 Å². The molecule has 0 aromatic heterocycles. The van der Waals surface area contributed by atoms with Gasteiger partial charge in [0.05, 0.1) is 6.61 Å². The maximum atomic E-state index is 14.3. The molecule has 0 bridgehead atoms. The number of nitrogens with one attached hydrogen (secondary N) is 2. The van der Waals surface area contributed by atoms with Crippen molar-refractivity contribution < 1.29 is 29.3 Å². The number of hydrogen-bond acceptors (Lipinski definition) is 6. The monoisotopic (exact) mass is 565 g/mol. The van der Waals surface area contributed by atoms with Crippen molar-refractivity contribution in [2.45, 2.75) is 83.0 Å². The van der Waals surface area contributed by atoms with E-state index in [1.54, 1.807) is 57.2 Å². The first-order chi connectivity index (χ1) is 19.5. The van der Waals surface area contributed by atoms with Crippen LogP contribution < -0.4 is 10.6 Å². The van der Waals surface area contributed by atoms with E-state index in [-0.39, 0.29) is 30.7 Å². The lowest BCUT2D eigenvalue weighted by Gasteiger charge is -2.35. The molecule has 2 atom stereocenters. The molecule has 0 aliphatic heterocycles. The van der Waals surface area contributed by atoms with Crippen LogP contribution in [-0.4, -0.2) is 63.9 Å². The average molecular weight is 566 g/mol. The molecule has 0 saturated heterocycles. The smallest absolute Gasteiger partial charge is 0.408 e. The molecular weight excluding hydrogens is 522 g/mol. The van der Waals surface area contributed by atoms with Crippen molar-refractivity contribution in [1.29, 1.82) is 0 Å². The van der Waals surface area contributed by atoms with E-state index in [0.717, 1.165) is 37.7 Å². The topological polar surface area (TPSA) is 128 Å². The Labute approximate surface area is 242 Å². The van der Waals surface area contributed by atoms with Crippen LogP contribution in [0.5, 0.6) is 5.75 Å². The number of aliphatic hydroxyl groups excluding tert-OH is 1. The first kappa shape index (κ1) is 31.7. The number of nitrogens with zero attached hydrogens (tertiary/aromatic N) is 1. The molecule has 222 valence electrons. The molecule has 0 heterocycles. The second-order valence-corrected chi connectivity index (χ2v) is 11.4. The SMILES string of the molecule is C=Cc1cccc(C(C(=O)NC2CCCCC2)N(CCO)C(=O)C(Cc2ccc(O)cc2)NC(=O)OC(C)(C)C)c1. The third-order valence-electron chi connectivity index (χ3n) is 6.96. The van der Waals surface area contributed by atoms with Crippen molar-refractivity contribution in [3.8, 4) is 5.75 Å². The molecule has 3 amide bonds. The summed E-state index contributed by atoms with van der Waals surface area (Å²) in [6.07, 6.45) is 5.85. The van der Waals surface area contributed by atoms with Crippen LogP contribution in [0.2, 0.25) is 0 Å². The van der Waals surface area contributed by atoms with E-state index in [1.807, 2.05) is 6.07 Å². The van der Waals surface area contributed by atoms with Gasteiger partial charge in [-0.15, -0.1) is 0 Å². The van der Waals surface area contributed by atoms with E-state index in [0.29, 0.717) is 11.1 Å². The number of alkyl carbamates (subject to hydrolysis) is 1. The molecule has 0 radical (unpaired) electrons. The van der Waals surface area contributed by atoms with Gasteiger partial charge in [0, 0.05) is 19.0 Å². The number of aromatic hydroxyl groups is 1. The summed E-state index contributed by atoms with van der Waals surface area (Å²) in [4.78, 5) is 42.3. The van der Waals surface area contributed by atoms with Crippen LogP contribution in [0.15, 0.2) is 55.1 Å². The predicted octanol–water partition coefficient (Wildman–Crippen LogP) is 4.48. The number of carbonyl (C=O) groups is 3. The number of aliphatic hydroxyl groups is 1. The van der Waals surface area contributed by atoms with E-state index in [4.69, 9.17) is 4.74 Å². The molecule has 3 rings (SSSR count). The van der Waals surface area contributed by atoms with Gasteiger partial charge in [0.2, 0.25) is 11.8 Å². The first-order valence-corrected chi connectivity index (χ1v) is 14.2. The van der Waals surface area contributed by atoms with Crippen LogP contribution in [0.25, 0.3) is 6.08 Å². The summed E-state index contributed by atoms with van der Waals surface area (Å²) in [5, 5.41) is 25.6. The number of phenolic OH excluding ortho intramolecular Hbond substituents is 1. The van der Waals surface area contributed by atoms with Crippen molar-refractivity contribution in [3.63, 3.8) is 0 Å². The van der Waals surface area contributed by atoms with Gasteiger partial charge in [0.1, 0.15) is 23.4 Å². The lowest BCUT2D eigenvalue weighted by molar-refractivity contribution is -0.143. The minimum absolute atomic E-state index is 0.0000899. The minimum Gasteiger partial charge on any atom is -0.508 e. The number of phenols is 1. The highest BCUT2D eigenvalue weighted by Crippen LogP contribution is 2.26. The van der Waals surface area contributed by atoms with Gasteiger partial charge in [-0.25, -0.2) is 4.79 Å². The Bertz CT molecular complexity index is 1180. The Balaban J connectivity index is 2.01.